The molecule has 2 aromatic rings. The number of hydrogen-bond acceptors (Lipinski definition) is 4. The summed E-state index contributed by atoms with van der Waals surface area (Å²) in [5, 5.41) is 0. The number of benzene rings is 2. The van der Waals surface area contributed by atoms with Crippen LogP contribution in [0.5, 0.6) is 0 Å². The number of hydrogen-bond donors (Lipinski definition) is 0. The van der Waals surface area contributed by atoms with Gasteiger partial charge in [-0.15, -0.1) is 23.9 Å². The average molecular weight is 1840 g/mol. The lowest BCUT2D eigenvalue weighted by Gasteiger charge is -1.98. The Balaban J connectivity index is -0.0000000167. The molecule has 0 saturated heterocycles. The van der Waals surface area contributed by atoms with E-state index in [0.29, 0.717) is 0 Å². The summed E-state index contributed by atoms with van der Waals surface area (Å²) in [6, 6.07) is 17.0. The second kappa shape index (κ2) is 396. The Kier molecular flexibility index (Phi) is 823. The summed E-state index contributed by atoms with van der Waals surface area (Å²) < 4.78 is 0. The van der Waals surface area contributed by atoms with Crippen molar-refractivity contribution >= 4 is 26.9 Å². The summed E-state index contributed by atoms with van der Waals surface area (Å²) >= 11 is 0. The molecular weight excluding hydrogens is 1540 g/mol. The summed E-state index contributed by atoms with van der Waals surface area (Å²) in [6.45, 7) is 118. The van der Waals surface area contributed by atoms with Crippen molar-refractivity contribution in [1.82, 2.24) is 19.6 Å². The van der Waals surface area contributed by atoms with Crippen LogP contribution in [-0.4, -0.2) is 131 Å². The van der Waals surface area contributed by atoms with Crippen molar-refractivity contribution in [2.75, 3.05) is 84.6 Å². The Morgan fingerprint density at radius 1 is 0.203 bits per heavy atom. The summed E-state index contributed by atoms with van der Waals surface area (Å²) in [5.41, 5.74) is 5.72. The molecule has 0 aromatic heterocycles. The third-order valence-electron chi connectivity index (χ3n) is 8.25. The summed E-state index contributed by atoms with van der Waals surface area (Å²) in [7, 11) is 24.0. The first-order valence-corrected chi connectivity index (χ1v) is 48.3. The standard InChI is InChI=1S/2C9H12.4C6H13B.2C6H10.2C5H10.4C3H9N.16C2H6.12CH4/c2*1-3-9-7-5-4-6-8(9)2;4*1-4-5-6-7(2)3;2*1-3-5-6-4-2;2*1-3-5-4-2;4*1-4(2)3;16*1-2;;;;;;;;;;;;/h2*4-7H,3H2,1-2H3;4*5-6H,4H2,1-3H3;2*3-6H,1-2H3;2*3,5H,4H2,1-2H3;4*1-3H3;16*1-2H3;12*1H4/b;;4*6-5-;2*5-3-,6-4-;2*5-3-;;;;;;;;;;;;;;;;;;;;;;;;;;;;;;;;. The van der Waals surface area contributed by atoms with E-state index in [2.05, 4.69) is 245 Å². The smallest absolute Gasteiger partial charge is 0.159 e. The van der Waals surface area contributed by atoms with E-state index in [-0.39, 0.29) is 89.1 Å². The van der Waals surface area contributed by atoms with Gasteiger partial charge in [0, 0.05) is 0 Å². The molecule has 808 valence electrons. The Morgan fingerprint density at radius 2 is 0.312 bits per heavy atom. The van der Waals surface area contributed by atoms with Gasteiger partial charge < -0.3 is 19.6 Å². The highest BCUT2D eigenvalue weighted by molar-refractivity contribution is 6.62. The minimum Gasteiger partial charge on any atom is -0.312 e. The van der Waals surface area contributed by atoms with Gasteiger partial charge >= 0.3 is 0 Å². The first-order valence-electron chi connectivity index (χ1n) is 48.3. The molecule has 0 radical (unpaired) electrons. The van der Waals surface area contributed by atoms with Gasteiger partial charge in [0.25, 0.3) is 0 Å². The second-order valence-electron chi connectivity index (χ2n) is 22.3. The first kappa shape index (κ1) is 266. The molecule has 0 saturated carbocycles. The molecule has 0 aliphatic heterocycles. The molecule has 0 amide bonds. The Morgan fingerprint density at radius 3 is 0.359 bits per heavy atom. The fraction of sp³-hybridized carbons (Fsp3) is 0.733. The number of rotatable bonds is 14. The van der Waals surface area contributed by atoms with Crippen molar-refractivity contribution in [3.63, 3.8) is 0 Å². The van der Waals surface area contributed by atoms with E-state index in [4.69, 9.17) is 0 Å². The van der Waals surface area contributed by atoms with Crippen LogP contribution in [0.25, 0.3) is 0 Å². The Labute approximate surface area is 845 Å². The molecule has 0 heterocycles. The Hall–Kier alpha value is -4.06. The minimum atomic E-state index is 0. The maximum atomic E-state index is 2.22. The van der Waals surface area contributed by atoms with Crippen LogP contribution in [0.4, 0.5) is 0 Å². The highest BCUT2D eigenvalue weighted by Gasteiger charge is 1.91. The van der Waals surface area contributed by atoms with Gasteiger partial charge in [-0.1, -0.05) is 566 Å². The van der Waals surface area contributed by atoms with Crippen LogP contribution in [0.2, 0.25) is 54.6 Å². The highest BCUT2D eigenvalue weighted by Crippen LogP contribution is 2.07. The molecule has 8 heteroatoms. The molecule has 2 aromatic carbocycles. The van der Waals surface area contributed by atoms with Crippen LogP contribution in [-0.2, 0) is 12.8 Å². The molecule has 0 bridgehead atoms. The normalized spacial score (nSPS) is 7.31. The van der Waals surface area contributed by atoms with E-state index in [1.807, 2.05) is 416 Å². The maximum absolute atomic E-state index is 2.22. The van der Waals surface area contributed by atoms with Gasteiger partial charge in [-0.3, -0.25) is 0 Å². The van der Waals surface area contributed by atoms with E-state index >= 15 is 0 Å². The monoisotopic (exact) mass is 1840 g/mol. The quantitative estimate of drug-likeness (QED) is 0.106. The second-order valence-corrected chi connectivity index (χ2v) is 22.3. The lowest BCUT2D eigenvalue weighted by molar-refractivity contribution is 0.505. The van der Waals surface area contributed by atoms with Crippen LogP contribution in [0, 0.1) is 13.8 Å². The molecule has 0 atom stereocenters. The molecule has 0 unspecified atom stereocenters. The molecule has 2 rings (SSSR count). The number of aryl methyl sites for hydroxylation is 4. The van der Waals surface area contributed by atoms with Crippen LogP contribution in [0.1, 0.15) is 468 Å². The number of nitrogens with zero attached hydrogens (tertiary/aromatic N) is 4. The van der Waals surface area contributed by atoms with Gasteiger partial charge in [-0.05, 0) is 214 Å². The van der Waals surface area contributed by atoms with E-state index in [9.17, 15) is 0 Å². The summed E-state index contributed by atoms with van der Waals surface area (Å²) in [5.74, 6) is 8.89. The van der Waals surface area contributed by atoms with Crippen molar-refractivity contribution in [3.8, 4) is 0 Å². The fourth-order valence-electron chi connectivity index (χ4n) is 4.56. The van der Waals surface area contributed by atoms with Crippen LogP contribution >= 0.6 is 0 Å². The Bertz CT molecular complexity index is 1510. The van der Waals surface area contributed by atoms with Crippen LogP contribution in [0.15, 0.2) is 170 Å². The van der Waals surface area contributed by atoms with Crippen molar-refractivity contribution in [3.05, 3.63) is 192 Å². The van der Waals surface area contributed by atoms with Crippen molar-refractivity contribution in [2.24, 2.45) is 0 Å². The van der Waals surface area contributed by atoms with Crippen LogP contribution < -0.4 is 0 Å². The highest BCUT2D eigenvalue weighted by atomic mass is 15.0. The zero-order chi connectivity index (χ0) is 100. The van der Waals surface area contributed by atoms with E-state index in [1.54, 1.807) is 0 Å². The zero-order valence-electron chi connectivity index (χ0n) is 95.9. The third-order valence-corrected chi connectivity index (χ3v) is 8.25. The molecule has 0 spiro atoms. The lowest BCUT2D eigenvalue weighted by atomic mass is 9.55. The predicted molar refractivity (Wildman–Crippen MR) is 679 cm³/mol. The molecule has 0 aliphatic carbocycles. The van der Waals surface area contributed by atoms with Gasteiger partial charge in [-0.25, -0.2) is 0 Å². The van der Waals surface area contributed by atoms with Crippen molar-refractivity contribution in [2.45, 2.75) is 527 Å². The van der Waals surface area contributed by atoms with Gasteiger partial charge in [-0.2, -0.15) is 0 Å². The molecular formula is C120H296B4N4. The van der Waals surface area contributed by atoms with E-state index in [0.717, 1.165) is 78.2 Å². The van der Waals surface area contributed by atoms with Gasteiger partial charge in [0.15, 0.2) is 26.9 Å². The van der Waals surface area contributed by atoms with Gasteiger partial charge in [0.05, 0.1) is 0 Å². The molecule has 128 heavy (non-hydrogen) atoms. The summed E-state index contributed by atoms with van der Waals surface area (Å²) in [6.07, 6.45) is 42.4. The molecule has 0 fully saturated rings. The molecule has 4 nitrogen and oxygen atoms in total. The zero-order valence-corrected chi connectivity index (χ0v) is 95.9. The van der Waals surface area contributed by atoms with E-state index < -0.39 is 0 Å². The van der Waals surface area contributed by atoms with Gasteiger partial charge in [0.1, 0.15) is 0 Å². The number of allylic oxidation sites excluding steroid dienone is 16. The SMILES string of the molecule is C.C.C.C.C.C.C.C.C.C.C.C.C/C=C\C=C/C.C/C=C\C=C/C.C/C=C\CC.C/C=C\CC.CC.CC.CC.CC.CC.CC.CC.CC.CC.CC.CC.CC.CC.CC.CC.CC.CC/C=C\B(C)C.CC/C=C\B(C)C.CC/C=C\B(C)C.CC/C=C\B(C)C.CCc1ccccc1C.CCc1ccccc1C.CN(C)C.CN(C)C.CN(C)C.CN(C)C. The van der Waals surface area contributed by atoms with Crippen LogP contribution in [0.3, 0.4) is 0 Å². The third kappa shape index (κ3) is 776. The molecule has 0 N–H and O–H groups in total. The topological polar surface area (TPSA) is 13.0 Å². The van der Waals surface area contributed by atoms with E-state index in [1.165, 1.54) is 22.3 Å². The predicted octanol–water partition coefficient (Wildman–Crippen LogP) is 47.1. The van der Waals surface area contributed by atoms with Crippen molar-refractivity contribution < 1.29 is 0 Å². The van der Waals surface area contributed by atoms with Gasteiger partial charge in [0.2, 0.25) is 0 Å². The summed E-state index contributed by atoms with van der Waals surface area (Å²) in [4.78, 5) is 8.00. The minimum absolute atomic E-state index is 0. The maximum Gasteiger partial charge on any atom is 0.159 e. The van der Waals surface area contributed by atoms with Crippen molar-refractivity contribution in [1.29, 1.82) is 0 Å². The fourth-order valence-corrected chi connectivity index (χ4v) is 4.56. The first-order chi connectivity index (χ1) is 55.4. The average Bonchev–Trinajstić information content (AvgIpc) is 0.934. The largest absolute Gasteiger partial charge is 0.312 e. The molecule has 0 aliphatic rings. The lowest BCUT2D eigenvalue weighted by Crippen LogP contribution is -1.99.